The molecule has 2 N–H and O–H groups in total. The van der Waals surface area contributed by atoms with Gasteiger partial charge >= 0.3 is 0 Å². The number of aryl methyl sites for hydroxylation is 1. The van der Waals surface area contributed by atoms with Crippen molar-refractivity contribution >= 4 is 5.69 Å². The summed E-state index contributed by atoms with van der Waals surface area (Å²) in [5.41, 5.74) is 7.31. The number of anilines is 1. The van der Waals surface area contributed by atoms with Crippen LogP contribution in [0.2, 0.25) is 0 Å². The molecule has 0 spiro atoms. The molecule has 0 saturated heterocycles. The molecule has 96 valence electrons. The van der Waals surface area contributed by atoms with Crippen LogP contribution in [0.15, 0.2) is 24.5 Å². The predicted octanol–water partition coefficient (Wildman–Crippen LogP) is 2.69. The highest BCUT2D eigenvalue weighted by Gasteiger charge is 2.09. The van der Waals surface area contributed by atoms with E-state index in [4.69, 9.17) is 10.5 Å². The van der Waals surface area contributed by atoms with Crippen molar-refractivity contribution in [2.75, 3.05) is 5.73 Å². The normalized spacial score (nSPS) is 10.9. The van der Waals surface area contributed by atoms with E-state index in [-0.39, 0.29) is 11.9 Å². The first kappa shape index (κ1) is 12.4. The molecule has 0 bridgehead atoms. The number of benzene rings is 1. The minimum absolute atomic E-state index is 0.0787. The number of nitrogen functional groups attached to an aromatic ring is 1. The summed E-state index contributed by atoms with van der Waals surface area (Å²) in [6, 6.07) is 2.96. The number of rotatable bonds is 3. The summed E-state index contributed by atoms with van der Waals surface area (Å²) in [5, 5.41) is 4.16. The van der Waals surface area contributed by atoms with Crippen molar-refractivity contribution in [1.29, 1.82) is 0 Å². The van der Waals surface area contributed by atoms with Crippen molar-refractivity contribution in [2.45, 2.75) is 26.9 Å². The molecule has 1 aromatic carbocycles. The van der Waals surface area contributed by atoms with E-state index in [1.807, 2.05) is 13.8 Å². The van der Waals surface area contributed by atoms with Gasteiger partial charge in [0.25, 0.3) is 0 Å². The molecule has 0 unspecified atom stereocenters. The van der Waals surface area contributed by atoms with Gasteiger partial charge in [-0.1, -0.05) is 0 Å². The molecule has 0 aliphatic heterocycles. The van der Waals surface area contributed by atoms with E-state index in [1.165, 1.54) is 6.07 Å². The molecule has 2 aromatic rings. The van der Waals surface area contributed by atoms with Crippen molar-refractivity contribution in [3.63, 3.8) is 0 Å². The Morgan fingerprint density at radius 1 is 1.39 bits per heavy atom. The average Bonchev–Trinajstić information content (AvgIpc) is 2.70. The average molecular weight is 249 g/mol. The molecule has 4 nitrogen and oxygen atoms in total. The van der Waals surface area contributed by atoms with Crippen LogP contribution in [-0.2, 0) is 0 Å². The molecular weight excluding hydrogens is 233 g/mol. The Hall–Kier alpha value is -2.04. The third kappa shape index (κ3) is 2.45. The molecule has 0 radical (unpaired) electrons. The number of ether oxygens (including phenoxy) is 1. The largest absolute Gasteiger partial charge is 0.488 e. The number of nitrogens with zero attached hydrogens (tertiary/aromatic N) is 2. The lowest BCUT2D eigenvalue weighted by molar-refractivity contribution is 0.242. The highest BCUT2D eigenvalue weighted by atomic mass is 19.1. The zero-order chi connectivity index (χ0) is 13.3. The first-order valence-corrected chi connectivity index (χ1v) is 5.74. The summed E-state index contributed by atoms with van der Waals surface area (Å²) in [6.07, 6.45) is 3.41. The van der Waals surface area contributed by atoms with Gasteiger partial charge in [0, 0.05) is 0 Å². The monoisotopic (exact) mass is 249 g/mol. The molecule has 5 heteroatoms. The number of aromatic nitrogens is 2. The Morgan fingerprint density at radius 2 is 2.11 bits per heavy atom. The van der Waals surface area contributed by atoms with Gasteiger partial charge in [-0.05, 0) is 38.5 Å². The zero-order valence-corrected chi connectivity index (χ0v) is 10.6. The van der Waals surface area contributed by atoms with Gasteiger partial charge in [-0.15, -0.1) is 0 Å². The van der Waals surface area contributed by atoms with Crippen LogP contribution in [0.3, 0.4) is 0 Å². The van der Waals surface area contributed by atoms with Gasteiger partial charge in [0.15, 0.2) is 5.75 Å². The summed E-state index contributed by atoms with van der Waals surface area (Å²) in [7, 11) is 0. The van der Waals surface area contributed by atoms with Gasteiger partial charge in [-0.25, -0.2) is 9.07 Å². The lowest BCUT2D eigenvalue weighted by Crippen LogP contribution is -2.05. The molecule has 0 aliphatic carbocycles. The van der Waals surface area contributed by atoms with Gasteiger partial charge in [0.2, 0.25) is 0 Å². The second-order valence-corrected chi connectivity index (χ2v) is 4.45. The molecule has 0 aliphatic rings. The Kier molecular flexibility index (Phi) is 3.23. The zero-order valence-electron chi connectivity index (χ0n) is 10.6. The molecule has 2 rings (SSSR count). The van der Waals surface area contributed by atoms with E-state index in [1.54, 1.807) is 30.1 Å². The Labute approximate surface area is 105 Å². The van der Waals surface area contributed by atoms with Gasteiger partial charge < -0.3 is 10.5 Å². The third-order valence-corrected chi connectivity index (χ3v) is 2.49. The van der Waals surface area contributed by atoms with E-state index >= 15 is 0 Å². The molecule has 18 heavy (non-hydrogen) atoms. The van der Waals surface area contributed by atoms with Crippen LogP contribution in [-0.4, -0.2) is 15.9 Å². The molecule has 1 aromatic heterocycles. The van der Waals surface area contributed by atoms with E-state index in [9.17, 15) is 4.39 Å². The Morgan fingerprint density at radius 3 is 2.78 bits per heavy atom. The van der Waals surface area contributed by atoms with Crippen molar-refractivity contribution in [1.82, 2.24) is 9.78 Å². The van der Waals surface area contributed by atoms with Crippen LogP contribution in [0, 0.1) is 12.7 Å². The summed E-state index contributed by atoms with van der Waals surface area (Å²) in [6.45, 7) is 5.56. The molecular formula is C13H16FN3O. The first-order valence-electron chi connectivity index (χ1n) is 5.74. The fraction of sp³-hybridized carbons (Fsp3) is 0.308. The van der Waals surface area contributed by atoms with E-state index in [0.717, 1.165) is 0 Å². The predicted molar refractivity (Wildman–Crippen MR) is 68.4 cm³/mol. The summed E-state index contributed by atoms with van der Waals surface area (Å²) in [5.74, 6) is 0.341. The topological polar surface area (TPSA) is 53.1 Å². The molecule has 0 fully saturated rings. The maximum atomic E-state index is 13.3. The SMILES string of the molecule is Cc1cc(-n2cc(OC(C)C)cn2)c(N)cc1F. The van der Waals surface area contributed by atoms with E-state index in [2.05, 4.69) is 5.10 Å². The minimum Gasteiger partial charge on any atom is -0.488 e. The van der Waals surface area contributed by atoms with Crippen LogP contribution in [0.4, 0.5) is 10.1 Å². The van der Waals surface area contributed by atoms with Gasteiger partial charge in [-0.2, -0.15) is 5.10 Å². The van der Waals surface area contributed by atoms with Gasteiger partial charge in [0.1, 0.15) is 5.82 Å². The molecule has 0 atom stereocenters. The highest BCUT2D eigenvalue weighted by Crippen LogP contribution is 2.23. The lowest BCUT2D eigenvalue weighted by Gasteiger charge is -2.08. The van der Waals surface area contributed by atoms with Crippen LogP contribution in [0.25, 0.3) is 5.69 Å². The fourth-order valence-electron chi connectivity index (χ4n) is 1.65. The van der Waals surface area contributed by atoms with Crippen molar-refractivity contribution < 1.29 is 9.13 Å². The van der Waals surface area contributed by atoms with Crippen LogP contribution in [0.5, 0.6) is 5.75 Å². The number of hydrogen-bond acceptors (Lipinski definition) is 3. The minimum atomic E-state index is -0.318. The molecule has 0 amide bonds. The maximum Gasteiger partial charge on any atom is 0.158 e. The Bertz CT molecular complexity index is 563. The third-order valence-electron chi connectivity index (χ3n) is 2.49. The molecule has 1 heterocycles. The summed E-state index contributed by atoms with van der Waals surface area (Å²) in [4.78, 5) is 0. The van der Waals surface area contributed by atoms with Crippen LogP contribution in [0.1, 0.15) is 19.4 Å². The lowest BCUT2D eigenvalue weighted by atomic mass is 10.2. The van der Waals surface area contributed by atoms with E-state index in [0.29, 0.717) is 22.7 Å². The summed E-state index contributed by atoms with van der Waals surface area (Å²) < 4.78 is 20.4. The first-order chi connectivity index (χ1) is 8.47. The van der Waals surface area contributed by atoms with Gasteiger partial charge in [0.05, 0.1) is 29.9 Å². The standard InChI is InChI=1S/C13H16FN3O/c1-8(2)18-10-6-16-17(7-10)13-4-9(3)11(14)5-12(13)15/h4-8H,15H2,1-3H3. The van der Waals surface area contributed by atoms with Crippen molar-refractivity contribution in [2.24, 2.45) is 0 Å². The quantitative estimate of drug-likeness (QED) is 0.851. The molecule has 0 saturated carbocycles. The highest BCUT2D eigenvalue weighted by molar-refractivity contribution is 5.59. The van der Waals surface area contributed by atoms with Crippen molar-refractivity contribution in [3.05, 3.63) is 35.9 Å². The van der Waals surface area contributed by atoms with Crippen LogP contribution >= 0.6 is 0 Å². The van der Waals surface area contributed by atoms with Gasteiger partial charge in [-0.3, -0.25) is 0 Å². The second-order valence-electron chi connectivity index (χ2n) is 4.45. The number of halogens is 1. The fourth-order valence-corrected chi connectivity index (χ4v) is 1.65. The summed E-state index contributed by atoms with van der Waals surface area (Å²) >= 11 is 0. The number of nitrogens with two attached hydrogens (primary N) is 1. The maximum absolute atomic E-state index is 13.3. The van der Waals surface area contributed by atoms with Crippen molar-refractivity contribution in [3.8, 4) is 11.4 Å². The number of hydrogen-bond donors (Lipinski definition) is 1. The Balaban J connectivity index is 2.37. The van der Waals surface area contributed by atoms with E-state index < -0.39 is 0 Å². The smallest absolute Gasteiger partial charge is 0.158 e. The van der Waals surface area contributed by atoms with Crippen LogP contribution < -0.4 is 10.5 Å². The second kappa shape index (κ2) is 4.68.